The van der Waals surface area contributed by atoms with Gasteiger partial charge in [-0.05, 0) is 6.92 Å². The van der Waals surface area contributed by atoms with E-state index in [1.807, 2.05) is 0 Å². The van der Waals surface area contributed by atoms with Crippen LogP contribution in [0.15, 0.2) is 10.3 Å². The van der Waals surface area contributed by atoms with Gasteiger partial charge in [-0.25, -0.2) is 8.42 Å². The van der Waals surface area contributed by atoms with Gasteiger partial charge in [-0.15, -0.1) is 0 Å². The molecular formula is C8H12N4O5S2. The van der Waals surface area contributed by atoms with Gasteiger partial charge < -0.3 is 11.1 Å². The van der Waals surface area contributed by atoms with Gasteiger partial charge in [0.25, 0.3) is 10.0 Å². The smallest absolute Gasteiger partial charge is 0.304 e. The van der Waals surface area contributed by atoms with E-state index in [2.05, 4.69) is 10.0 Å². The highest BCUT2D eigenvalue weighted by Gasteiger charge is 2.27. The average Bonchev–Trinajstić information content (AvgIpc) is 2.70. The van der Waals surface area contributed by atoms with Crippen LogP contribution in [0.1, 0.15) is 6.92 Å². The van der Waals surface area contributed by atoms with Crippen molar-refractivity contribution in [3.8, 4) is 0 Å². The van der Waals surface area contributed by atoms with E-state index in [0.29, 0.717) is 11.3 Å². The van der Waals surface area contributed by atoms with Crippen molar-refractivity contribution in [3.63, 3.8) is 0 Å². The summed E-state index contributed by atoms with van der Waals surface area (Å²) in [6.45, 7) is 1.35. The maximum absolute atomic E-state index is 11.9. The second kappa shape index (κ2) is 5.50. The number of carbonyl (C=O) groups excluding carboxylic acids is 1. The summed E-state index contributed by atoms with van der Waals surface area (Å²) >= 11 is 0.565. The first-order valence-electron chi connectivity index (χ1n) is 4.96. The van der Waals surface area contributed by atoms with E-state index in [1.54, 1.807) is 0 Å². The first kappa shape index (κ1) is 15.3. The molecule has 1 unspecified atom stereocenters. The fraction of sp³-hybridized carbons (Fsp3) is 0.375. The molecule has 106 valence electrons. The summed E-state index contributed by atoms with van der Waals surface area (Å²) in [5.74, 6) is -0.525. The number of hydrogen-bond acceptors (Lipinski definition) is 7. The largest absolute Gasteiger partial charge is 0.385 e. The van der Waals surface area contributed by atoms with Crippen molar-refractivity contribution in [2.24, 2.45) is 0 Å². The Morgan fingerprint density at radius 3 is 2.58 bits per heavy atom. The van der Waals surface area contributed by atoms with Gasteiger partial charge in [-0.3, -0.25) is 14.9 Å². The molecule has 1 heterocycles. The summed E-state index contributed by atoms with van der Waals surface area (Å²) in [6, 6.07) is -0.142. The number of nitrogen functional groups attached to an aromatic ring is 1. The lowest BCUT2D eigenvalue weighted by molar-refractivity contribution is -0.383. The molecule has 11 heteroatoms. The topological polar surface area (TPSA) is 144 Å². The number of anilines is 1. The van der Waals surface area contributed by atoms with Crippen LogP contribution in [0.4, 0.5) is 10.7 Å². The second-order valence-corrected chi connectivity index (χ2v) is 6.55. The number of hydrogen-bond donors (Lipinski definition) is 3. The molecule has 0 spiro atoms. The molecular weight excluding hydrogens is 296 g/mol. The molecule has 1 rings (SSSR count). The molecule has 1 amide bonds. The molecule has 0 aromatic carbocycles. The van der Waals surface area contributed by atoms with E-state index in [1.165, 1.54) is 14.0 Å². The number of likely N-dealkylation sites (N-methyl/N-ethyl adjacent to an activating group) is 1. The van der Waals surface area contributed by atoms with Crippen molar-refractivity contribution >= 4 is 38.0 Å². The predicted molar refractivity (Wildman–Crippen MR) is 69.2 cm³/mol. The Morgan fingerprint density at radius 1 is 1.58 bits per heavy atom. The van der Waals surface area contributed by atoms with E-state index in [-0.39, 0.29) is 9.21 Å². The molecule has 1 atom stereocenters. The van der Waals surface area contributed by atoms with E-state index >= 15 is 0 Å². The van der Waals surface area contributed by atoms with Gasteiger partial charge in [0.1, 0.15) is 4.21 Å². The van der Waals surface area contributed by atoms with Gasteiger partial charge in [0.05, 0.1) is 11.0 Å². The molecule has 0 saturated carbocycles. The number of nitrogens with zero attached hydrogens (tertiary/aromatic N) is 1. The molecule has 19 heavy (non-hydrogen) atoms. The molecule has 1 aromatic rings. The van der Waals surface area contributed by atoms with Crippen LogP contribution >= 0.6 is 11.3 Å². The summed E-state index contributed by atoms with van der Waals surface area (Å²) in [5.41, 5.74) is 4.89. The third-order valence-corrected chi connectivity index (χ3v) is 5.12. The molecule has 0 aliphatic rings. The van der Waals surface area contributed by atoms with Crippen LogP contribution in [0.25, 0.3) is 0 Å². The minimum Gasteiger partial charge on any atom is -0.385 e. The monoisotopic (exact) mass is 308 g/mol. The van der Waals surface area contributed by atoms with Crippen LogP contribution in [0.2, 0.25) is 0 Å². The highest BCUT2D eigenvalue weighted by molar-refractivity contribution is 7.91. The van der Waals surface area contributed by atoms with Crippen molar-refractivity contribution in [1.29, 1.82) is 0 Å². The molecule has 9 nitrogen and oxygen atoms in total. The molecule has 0 aliphatic carbocycles. The lowest BCUT2D eigenvalue weighted by Gasteiger charge is -2.11. The zero-order valence-electron chi connectivity index (χ0n) is 10.0. The van der Waals surface area contributed by atoms with Crippen LogP contribution in [0.5, 0.6) is 0 Å². The highest BCUT2D eigenvalue weighted by Crippen LogP contribution is 2.34. The Hall–Kier alpha value is -1.72. The van der Waals surface area contributed by atoms with Crippen LogP contribution in [0, 0.1) is 10.1 Å². The summed E-state index contributed by atoms with van der Waals surface area (Å²) < 4.78 is 25.6. The van der Waals surface area contributed by atoms with Crippen LogP contribution in [0.3, 0.4) is 0 Å². The minimum absolute atomic E-state index is 0.210. The summed E-state index contributed by atoms with van der Waals surface area (Å²) in [4.78, 5) is 21.1. The van der Waals surface area contributed by atoms with E-state index in [4.69, 9.17) is 5.73 Å². The van der Waals surface area contributed by atoms with Gasteiger partial charge >= 0.3 is 5.69 Å². The number of thiophene rings is 1. The molecule has 0 aliphatic heterocycles. The van der Waals surface area contributed by atoms with Crippen molar-refractivity contribution in [1.82, 2.24) is 10.0 Å². The number of amides is 1. The zero-order chi connectivity index (χ0) is 14.8. The second-order valence-electron chi connectivity index (χ2n) is 3.53. The van der Waals surface area contributed by atoms with Crippen molar-refractivity contribution in [2.75, 3.05) is 12.8 Å². The van der Waals surface area contributed by atoms with Crippen LogP contribution < -0.4 is 15.8 Å². The van der Waals surface area contributed by atoms with Gasteiger partial charge in [-0.2, -0.15) is 4.72 Å². The quantitative estimate of drug-likeness (QED) is 0.501. The average molecular weight is 308 g/mol. The van der Waals surface area contributed by atoms with Crippen molar-refractivity contribution in [3.05, 3.63) is 16.2 Å². The lowest BCUT2D eigenvalue weighted by Crippen LogP contribution is -2.43. The van der Waals surface area contributed by atoms with Gasteiger partial charge in [0, 0.05) is 13.1 Å². The normalized spacial score (nSPS) is 12.9. The molecule has 0 fully saturated rings. The van der Waals surface area contributed by atoms with Gasteiger partial charge in [-0.1, -0.05) is 11.3 Å². The maximum atomic E-state index is 11.9. The van der Waals surface area contributed by atoms with E-state index in [9.17, 15) is 23.3 Å². The maximum Gasteiger partial charge on any atom is 0.304 e. The standard InChI is InChI=1S/C8H12N4O5S2/c1-4(8(13)10-2)11-19(16,17)6-3-5(12(14)15)7(9)18-6/h3-4,11H,9H2,1-2H3,(H,10,13). The van der Waals surface area contributed by atoms with Gasteiger partial charge in [0.2, 0.25) is 5.91 Å². The molecule has 0 saturated heterocycles. The Morgan fingerprint density at radius 2 is 2.16 bits per heavy atom. The molecule has 0 radical (unpaired) electrons. The zero-order valence-corrected chi connectivity index (χ0v) is 11.7. The summed E-state index contributed by atoms with van der Waals surface area (Å²) in [6.07, 6.45) is 0. The van der Waals surface area contributed by atoms with Crippen molar-refractivity contribution < 1.29 is 18.1 Å². The predicted octanol–water partition coefficient (Wildman–Crippen LogP) is -0.349. The van der Waals surface area contributed by atoms with E-state index in [0.717, 1.165) is 6.07 Å². The Balaban J connectivity index is 3.04. The van der Waals surface area contributed by atoms with Crippen LogP contribution in [-0.2, 0) is 14.8 Å². The first-order valence-corrected chi connectivity index (χ1v) is 7.26. The number of nitrogens with two attached hydrogens (primary N) is 1. The number of carbonyl (C=O) groups is 1. The summed E-state index contributed by atoms with van der Waals surface area (Å²) in [7, 11) is -2.66. The molecule has 0 bridgehead atoms. The summed E-state index contributed by atoms with van der Waals surface area (Å²) in [5, 5.41) is 12.7. The SMILES string of the molecule is CNC(=O)C(C)NS(=O)(=O)c1cc([N+](=O)[O-])c(N)s1. The molecule has 4 N–H and O–H groups in total. The Labute approximate surface area is 113 Å². The third-order valence-electron chi connectivity index (χ3n) is 2.15. The van der Waals surface area contributed by atoms with Crippen LogP contribution in [-0.4, -0.2) is 32.3 Å². The minimum atomic E-state index is -4.03. The highest BCUT2D eigenvalue weighted by atomic mass is 32.2. The van der Waals surface area contributed by atoms with Gasteiger partial charge in [0.15, 0.2) is 5.00 Å². The number of rotatable bonds is 5. The fourth-order valence-electron chi connectivity index (χ4n) is 1.21. The lowest BCUT2D eigenvalue weighted by atomic mass is 10.3. The number of nitrogens with one attached hydrogen (secondary N) is 2. The third kappa shape index (κ3) is 3.39. The van der Waals surface area contributed by atoms with E-state index < -0.39 is 32.6 Å². The number of nitro groups is 1. The fourth-order valence-corrected chi connectivity index (χ4v) is 3.64. The Bertz CT molecular complexity index is 609. The first-order chi connectivity index (χ1) is 8.69. The van der Waals surface area contributed by atoms with Crippen molar-refractivity contribution in [2.45, 2.75) is 17.2 Å². The molecule has 1 aromatic heterocycles. The Kier molecular flexibility index (Phi) is 4.44. The number of sulfonamides is 1.